The van der Waals surface area contributed by atoms with Crippen LogP contribution in [0.3, 0.4) is 0 Å². The molecule has 0 unspecified atom stereocenters. The van der Waals surface area contributed by atoms with Gasteiger partial charge in [-0.1, -0.05) is 29.3 Å². The Morgan fingerprint density at radius 3 is 2.50 bits per heavy atom. The maximum absolute atomic E-state index is 6.17. The van der Waals surface area contributed by atoms with E-state index in [0.29, 0.717) is 10.0 Å². The quantitative estimate of drug-likeness (QED) is 0.695. The van der Waals surface area contributed by atoms with Crippen molar-refractivity contribution in [2.24, 2.45) is 0 Å². The SMILES string of the molecule is Cc1c(Cl)cccc1-n1ncnc1-c1ccc(Cl)cc1. The van der Waals surface area contributed by atoms with Crippen molar-refractivity contribution in [3.63, 3.8) is 0 Å². The molecule has 1 heterocycles. The summed E-state index contributed by atoms with van der Waals surface area (Å²) in [6.07, 6.45) is 1.53. The predicted octanol–water partition coefficient (Wildman–Crippen LogP) is 4.55. The van der Waals surface area contributed by atoms with E-state index in [2.05, 4.69) is 10.1 Å². The third-order valence-corrected chi connectivity index (χ3v) is 3.78. The molecule has 0 aliphatic rings. The Hall–Kier alpha value is -1.84. The highest BCUT2D eigenvalue weighted by Crippen LogP contribution is 2.26. The van der Waals surface area contributed by atoms with E-state index in [1.807, 2.05) is 49.4 Å². The Kier molecular flexibility index (Phi) is 3.47. The van der Waals surface area contributed by atoms with Crippen LogP contribution in [0, 0.1) is 6.92 Å². The molecular weight excluding hydrogens is 293 g/mol. The lowest BCUT2D eigenvalue weighted by atomic mass is 10.1. The van der Waals surface area contributed by atoms with Crippen molar-refractivity contribution >= 4 is 23.2 Å². The Labute approximate surface area is 126 Å². The maximum Gasteiger partial charge on any atom is 0.163 e. The van der Waals surface area contributed by atoms with Gasteiger partial charge in [0.25, 0.3) is 0 Å². The molecule has 0 aliphatic heterocycles. The van der Waals surface area contributed by atoms with Crippen LogP contribution in [0.4, 0.5) is 0 Å². The van der Waals surface area contributed by atoms with Crippen LogP contribution < -0.4 is 0 Å². The van der Waals surface area contributed by atoms with Crippen molar-refractivity contribution in [3.8, 4) is 17.1 Å². The number of rotatable bonds is 2. The Balaban J connectivity index is 2.15. The van der Waals surface area contributed by atoms with Crippen molar-refractivity contribution in [2.45, 2.75) is 6.92 Å². The number of benzene rings is 2. The van der Waals surface area contributed by atoms with E-state index < -0.39 is 0 Å². The summed E-state index contributed by atoms with van der Waals surface area (Å²) in [6, 6.07) is 13.2. The summed E-state index contributed by atoms with van der Waals surface area (Å²) in [7, 11) is 0. The van der Waals surface area contributed by atoms with Gasteiger partial charge in [-0.15, -0.1) is 0 Å². The molecule has 5 heteroatoms. The highest BCUT2D eigenvalue weighted by molar-refractivity contribution is 6.31. The van der Waals surface area contributed by atoms with E-state index >= 15 is 0 Å². The molecule has 0 atom stereocenters. The molecule has 1 aromatic heterocycles. The van der Waals surface area contributed by atoms with Gasteiger partial charge >= 0.3 is 0 Å². The van der Waals surface area contributed by atoms with Crippen molar-refractivity contribution in [2.75, 3.05) is 0 Å². The van der Waals surface area contributed by atoms with Gasteiger partial charge in [-0.25, -0.2) is 9.67 Å². The van der Waals surface area contributed by atoms with Crippen molar-refractivity contribution < 1.29 is 0 Å². The average molecular weight is 304 g/mol. The van der Waals surface area contributed by atoms with Gasteiger partial charge in [0.05, 0.1) is 5.69 Å². The first-order valence-electron chi connectivity index (χ1n) is 6.08. The van der Waals surface area contributed by atoms with Gasteiger partial charge in [0, 0.05) is 15.6 Å². The molecule has 3 nitrogen and oxygen atoms in total. The Bertz CT molecular complexity index is 748. The van der Waals surface area contributed by atoms with Crippen LogP contribution in [0.15, 0.2) is 48.8 Å². The molecule has 0 amide bonds. The molecule has 3 aromatic rings. The molecule has 2 aromatic carbocycles. The summed E-state index contributed by atoms with van der Waals surface area (Å²) in [4.78, 5) is 4.33. The van der Waals surface area contributed by atoms with E-state index in [-0.39, 0.29) is 0 Å². The molecule has 100 valence electrons. The monoisotopic (exact) mass is 303 g/mol. The fourth-order valence-corrected chi connectivity index (χ4v) is 2.33. The van der Waals surface area contributed by atoms with Crippen LogP contribution in [0.1, 0.15) is 5.56 Å². The van der Waals surface area contributed by atoms with Crippen molar-refractivity contribution in [1.82, 2.24) is 14.8 Å². The largest absolute Gasteiger partial charge is 0.215 e. The Morgan fingerprint density at radius 2 is 1.75 bits per heavy atom. The second-order valence-corrected chi connectivity index (χ2v) is 5.23. The molecule has 3 rings (SSSR count). The van der Waals surface area contributed by atoms with E-state index in [0.717, 1.165) is 22.6 Å². The standard InChI is InChI=1S/C15H11Cl2N3/c1-10-13(17)3-2-4-14(10)20-15(18-9-19-20)11-5-7-12(16)8-6-11/h2-9H,1H3. The minimum absolute atomic E-state index is 0.693. The maximum atomic E-state index is 6.17. The molecule has 20 heavy (non-hydrogen) atoms. The average Bonchev–Trinajstić information content (AvgIpc) is 2.92. The summed E-state index contributed by atoms with van der Waals surface area (Å²) in [5.74, 6) is 0.757. The van der Waals surface area contributed by atoms with Crippen LogP contribution in [-0.4, -0.2) is 14.8 Å². The second kappa shape index (κ2) is 5.27. The lowest BCUT2D eigenvalue weighted by Crippen LogP contribution is -2.02. The first-order chi connectivity index (χ1) is 9.66. The summed E-state index contributed by atoms with van der Waals surface area (Å²) in [6.45, 7) is 1.96. The van der Waals surface area contributed by atoms with E-state index in [1.165, 1.54) is 6.33 Å². The third-order valence-electron chi connectivity index (χ3n) is 3.12. The fourth-order valence-electron chi connectivity index (χ4n) is 2.04. The lowest BCUT2D eigenvalue weighted by molar-refractivity contribution is 0.879. The molecule has 0 saturated carbocycles. The lowest BCUT2D eigenvalue weighted by Gasteiger charge is -2.10. The van der Waals surface area contributed by atoms with Crippen LogP contribution >= 0.6 is 23.2 Å². The topological polar surface area (TPSA) is 30.7 Å². The second-order valence-electron chi connectivity index (χ2n) is 4.39. The molecule has 0 aliphatic carbocycles. The summed E-state index contributed by atoms with van der Waals surface area (Å²) < 4.78 is 1.78. The van der Waals surface area contributed by atoms with Gasteiger partial charge in [0.1, 0.15) is 6.33 Å². The zero-order chi connectivity index (χ0) is 14.1. The molecule has 0 spiro atoms. The smallest absolute Gasteiger partial charge is 0.163 e. The zero-order valence-electron chi connectivity index (χ0n) is 10.7. The van der Waals surface area contributed by atoms with E-state index in [9.17, 15) is 0 Å². The first-order valence-corrected chi connectivity index (χ1v) is 6.84. The number of nitrogens with zero attached hydrogens (tertiary/aromatic N) is 3. The summed E-state index contributed by atoms with van der Waals surface area (Å²) >= 11 is 12.1. The fraction of sp³-hybridized carbons (Fsp3) is 0.0667. The third kappa shape index (κ3) is 2.30. The predicted molar refractivity (Wildman–Crippen MR) is 81.6 cm³/mol. The molecule has 0 N–H and O–H groups in total. The van der Waals surface area contributed by atoms with Crippen molar-refractivity contribution in [3.05, 3.63) is 64.4 Å². The number of aromatic nitrogens is 3. The van der Waals surface area contributed by atoms with Gasteiger partial charge in [0.15, 0.2) is 5.82 Å². The normalized spacial score (nSPS) is 10.8. The molecular formula is C15H11Cl2N3. The van der Waals surface area contributed by atoms with E-state index in [1.54, 1.807) is 4.68 Å². The van der Waals surface area contributed by atoms with Gasteiger partial charge < -0.3 is 0 Å². The van der Waals surface area contributed by atoms with Gasteiger partial charge in [-0.3, -0.25) is 0 Å². The first kappa shape index (κ1) is 13.2. The Morgan fingerprint density at radius 1 is 1.00 bits per heavy atom. The van der Waals surface area contributed by atoms with Crippen LogP contribution in [0.2, 0.25) is 10.0 Å². The molecule has 0 fully saturated rings. The number of halogens is 2. The minimum atomic E-state index is 0.693. The molecule has 0 saturated heterocycles. The molecule has 0 radical (unpaired) electrons. The van der Waals surface area contributed by atoms with Crippen LogP contribution in [0.25, 0.3) is 17.1 Å². The van der Waals surface area contributed by atoms with E-state index in [4.69, 9.17) is 23.2 Å². The van der Waals surface area contributed by atoms with Gasteiger partial charge in [-0.05, 0) is 48.9 Å². The summed E-state index contributed by atoms with van der Waals surface area (Å²) in [5.41, 5.74) is 2.83. The zero-order valence-corrected chi connectivity index (χ0v) is 12.2. The van der Waals surface area contributed by atoms with Crippen molar-refractivity contribution in [1.29, 1.82) is 0 Å². The molecule has 0 bridgehead atoms. The highest BCUT2D eigenvalue weighted by atomic mass is 35.5. The van der Waals surface area contributed by atoms with Crippen LogP contribution in [0.5, 0.6) is 0 Å². The highest BCUT2D eigenvalue weighted by Gasteiger charge is 2.12. The van der Waals surface area contributed by atoms with Crippen LogP contribution in [-0.2, 0) is 0 Å². The minimum Gasteiger partial charge on any atom is -0.215 e. The van der Waals surface area contributed by atoms with Gasteiger partial charge in [-0.2, -0.15) is 5.10 Å². The van der Waals surface area contributed by atoms with Gasteiger partial charge in [0.2, 0.25) is 0 Å². The number of hydrogen-bond donors (Lipinski definition) is 0. The summed E-state index contributed by atoms with van der Waals surface area (Å²) in [5, 5.41) is 5.70. The number of hydrogen-bond acceptors (Lipinski definition) is 2.